The maximum Gasteiger partial charge on any atom is 0.410 e. The lowest BCUT2D eigenvalue weighted by Crippen LogP contribution is -2.43. The molecule has 4 aromatic carbocycles. The Morgan fingerprint density at radius 1 is 0.800 bits per heavy atom. The molecule has 0 aromatic heterocycles. The summed E-state index contributed by atoms with van der Waals surface area (Å²) >= 11 is 0. The lowest BCUT2D eigenvalue weighted by atomic mass is 9.93. The molecule has 0 radical (unpaired) electrons. The van der Waals surface area contributed by atoms with E-state index in [1.807, 2.05) is 4.90 Å². The molecule has 0 saturated carbocycles. The third-order valence-electron chi connectivity index (χ3n) is 8.06. The van der Waals surface area contributed by atoms with Crippen molar-refractivity contribution in [2.75, 3.05) is 6.61 Å². The molecule has 0 spiro atoms. The molecule has 172 valence electrons. The van der Waals surface area contributed by atoms with E-state index in [1.54, 1.807) is 0 Å². The number of carbonyl (C=O) groups excluding carboxylic acids is 1. The molecule has 35 heavy (non-hydrogen) atoms. The second-order valence-electron chi connectivity index (χ2n) is 9.97. The van der Waals surface area contributed by atoms with Gasteiger partial charge in [0, 0.05) is 12.0 Å². The highest BCUT2D eigenvalue weighted by atomic mass is 16.6. The highest BCUT2D eigenvalue weighted by Gasteiger charge is 2.41. The summed E-state index contributed by atoms with van der Waals surface area (Å²) < 4.78 is 6.02. The van der Waals surface area contributed by atoms with E-state index in [4.69, 9.17) is 4.74 Å². The molecule has 2 unspecified atom stereocenters. The average Bonchev–Trinajstić information content (AvgIpc) is 3.37. The third-order valence-corrected chi connectivity index (χ3v) is 8.06. The van der Waals surface area contributed by atoms with Crippen LogP contribution in [0, 0.1) is 0 Å². The lowest BCUT2D eigenvalue weighted by Gasteiger charge is -2.33. The highest BCUT2D eigenvalue weighted by Crippen LogP contribution is 2.45. The van der Waals surface area contributed by atoms with Crippen LogP contribution >= 0.6 is 0 Å². The topological polar surface area (TPSA) is 29.5 Å². The molecule has 2 bridgehead atoms. The van der Waals surface area contributed by atoms with Crippen molar-refractivity contribution in [1.82, 2.24) is 4.90 Å². The van der Waals surface area contributed by atoms with Crippen molar-refractivity contribution in [2.45, 2.75) is 37.3 Å². The Labute approximate surface area is 205 Å². The fourth-order valence-corrected chi connectivity index (χ4v) is 6.39. The number of carbonyl (C=O) groups is 1. The lowest BCUT2D eigenvalue weighted by molar-refractivity contribution is 0.0866. The molecule has 2 atom stereocenters. The number of rotatable bonds is 3. The Morgan fingerprint density at radius 3 is 2.23 bits per heavy atom. The van der Waals surface area contributed by atoms with Crippen molar-refractivity contribution in [1.29, 1.82) is 0 Å². The summed E-state index contributed by atoms with van der Waals surface area (Å²) in [4.78, 5) is 15.3. The molecule has 3 heteroatoms. The number of nitrogens with zero attached hydrogens (tertiary/aromatic N) is 1. The van der Waals surface area contributed by atoms with Crippen LogP contribution in [0.3, 0.4) is 0 Å². The van der Waals surface area contributed by atoms with Gasteiger partial charge < -0.3 is 4.74 Å². The van der Waals surface area contributed by atoms with Gasteiger partial charge in [-0.2, -0.15) is 0 Å². The Balaban J connectivity index is 1.11. The number of hydrogen-bond donors (Lipinski definition) is 0. The second-order valence-corrected chi connectivity index (χ2v) is 9.97. The Morgan fingerprint density at radius 2 is 1.49 bits per heavy atom. The molecular formula is C32H27NO2. The van der Waals surface area contributed by atoms with Gasteiger partial charge >= 0.3 is 6.09 Å². The van der Waals surface area contributed by atoms with Crippen molar-refractivity contribution in [2.24, 2.45) is 0 Å². The first-order valence-corrected chi connectivity index (χ1v) is 12.6. The van der Waals surface area contributed by atoms with Crippen LogP contribution in [0.4, 0.5) is 4.79 Å². The summed E-state index contributed by atoms with van der Waals surface area (Å²) in [5, 5.41) is 2.52. The molecule has 7 rings (SSSR count). The van der Waals surface area contributed by atoms with Gasteiger partial charge in [0.2, 0.25) is 0 Å². The summed E-state index contributed by atoms with van der Waals surface area (Å²) in [5.74, 6) is 0.0949. The van der Waals surface area contributed by atoms with Crippen LogP contribution in [0.15, 0.2) is 97.1 Å². The Kier molecular flexibility index (Phi) is 4.76. The van der Waals surface area contributed by atoms with Gasteiger partial charge in [-0.25, -0.2) is 4.79 Å². The number of fused-ring (bicyclic) bond motifs is 6. The van der Waals surface area contributed by atoms with E-state index in [0.717, 1.165) is 19.3 Å². The zero-order valence-electron chi connectivity index (χ0n) is 19.6. The van der Waals surface area contributed by atoms with Crippen molar-refractivity contribution < 1.29 is 9.53 Å². The van der Waals surface area contributed by atoms with Crippen molar-refractivity contribution in [3.8, 4) is 11.1 Å². The van der Waals surface area contributed by atoms with Crippen LogP contribution in [0.1, 0.15) is 41.9 Å². The van der Waals surface area contributed by atoms with E-state index >= 15 is 0 Å². The zero-order chi connectivity index (χ0) is 23.4. The fraction of sp³-hybridized carbons (Fsp3) is 0.219. The van der Waals surface area contributed by atoms with Crippen LogP contribution in [0.2, 0.25) is 0 Å². The summed E-state index contributed by atoms with van der Waals surface area (Å²) in [6.45, 7) is 0.379. The Bertz CT molecular complexity index is 1440. The minimum absolute atomic E-state index is 0.0949. The second kappa shape index (κ2) is 8.13. The van der Waals surface area contributed by atoms with Gasteiger partial charge in [-0.1, -0.05) is 91.0 Å². The van der Waals surface area contributed by atoms with Gasteiger partial charge in [0.05, 0.1) is 6.04 Å². The van der Waals surface area contributed by atoms with Crippen molar-refractivity contribution in [3.05, 3.63) is 114 Å². The van der Waals surface area contributed by atoms with Gasteiger partial charge in [-0.15, -0.1) is 0 Å². The largest absolute Gasteiger partial charge is 0.448 e. The first-order chi connectivity index (χ1) is 17.3. The molecular weight excluding hydrogens is 430 g/mol. The van der Waals surface area contributed by atoms with E-state index in [9.17, 15) is 4.79 Å². The van der Waals surface area contributed by atoms with Crippen LogP contribution in [0.5, 0.6) is 0 Å². The van der Waals surface area contributed by atoms with Gasteiger partial charge in [-0.05, 0) is 69.5 Å². The van der Waals surface area contributed by atoms with Gasteiger partial charge in [-0.3, -0.25) is 4.90 Å². The molecule has 1 saturated heterocycles. The van der Waals surface area contributed by atoms with E-state index in [0.29, 0.717) is 6.61 Å². The van der Waals surface area contributed by atoms with Gasteiger partial charge in [0.1, 0.15) is 6.61 Å². The quantitative estimate of drug-likeness (QED) is 0.321. The first-order valence-electron chi connectivity index (χ1n) is 12.6. The first kappa shape index (κ1) is 20.5. The molecule has 2 aliphatic heterocycles. The van der Waals surface area contributed by atoms with Gasteiger partial charge in [0.15, 0.2) is 0 Å². The minimum atomic E-state index is -0.173. The predicted molar refractivity (Wildman–Crippen MR) is 140 cm³/mol. The molecule has 3 aliphatic rings. The Hall–Kier alpha value is -3.85. The van der Waals surface area contributed by atoms with Gasteiger partial charge in [0.25, 0.3) is 0 Å². The number of ether oxygens (including phenoxy) is 1. The third kappa shape index (κ3) is 3.37. The predicted octanol–water partition coefficient (Wildman–Crippen LogP) is 7.41. The standard InChI is InChI=1S/C32H27NO2/c34-32(35-20-31-29-11-5-3-9-27(29)28-10-4-6-12-30(28)31)33-25-15-16-26(33)19-24(18-25)23-14-13-21-7-1-2-8-22(21)17-23/h1-14,17-18,25-26,31H,15-16,19-20H2. The fourth-order valence-electron chi connectivity index (χ4n) is 6.39. The molecule has 0 N–H and O–H groups in total. The molecule has 4 aromatic rings. The SMILES string of the molecule is O=C(OCC1c2ccccc2-c2ccccc21)N1C2C=C(c3ccc4ccccc4c3)CC1CC2. The van der Waals surface area contributed by atoms with E-state index < -0.39 is 0 Å². The normalized spacial score (nSPS) is 20.5. The van der Waals surface area contributed by atoms with E-state index in [2.05, 4.69) is 97.1 Å². The maximum atomic E-state index is 13.3. The van der Waals surface area contributed by atoms with E-state index in [1.165, 1.54) is 44.2 Å². The highest BCUT2D eigenvalue weighted by molar-refractivity contribution is 5.87. The molecule has 1 amide bonds. The average molecular weight is 458 g/mol. The number of benzene rings is 4. The summed E-state index contributed by atoms with van der Waals surface area (Å²) in [6.07, 6.45) is 5.05. The van der Waals surface area contributed by atoms with Crippen LogP contribution in [-0.2, 0) is 4.74 Å². The maximum absolute atomic E-state index is 13.3. The molecule has 3 nitrogen and oxygen atoms in total. The van der Waals surface area contributed by atoms with Crippen LogP contribution in [-0.4, -0.2) is 29.7 Å². The number of amides is 1. The summed E-state index contributed by atoms with van der Waals surface area (Å²) in [6, 6.07) is 32.5. The van der Waals surface area contributed by atoms with Crippen molar-refractivity contribution >= 4 is 22.4 Å². The molecule has 2 heterocycles. The van der Waals surface area contributed by atoms with Crippen molar-refractivity contribution in [3.63, 3.8) is 0 Å². The smallest absolute Gasteiger partial charge is 0.410 e. The molecule has 1 fully saturated rings. The summed E-state index contributed by atoms with van der Waals surface area (Å²) in [7, 11) is 0. The monoisotopic (exact) mass is 457 g/mol. The minimum Gasteiger partial charge on any atom is -0.448 e. The van der Waals surface area contributed by atoms with Crippen LogP contribution in [0.25, 0.3) is 27.5 Å². The van der Waals surface area contributed by atoms with Crippen LogP contribution < -0.4 is 0 Å². The summed E-state index contributed by atoms with van der Waals surface area (Å²) in [5.41, 5.74) is 7.64. The number of hydrogen-bond acceptors (Lipinski definition) is 2. The molecule has 1 aliphatic carbocycles. The zero-order valence-corrected chi connectivity index (χ0v) is 19.6. The van der Waals surface area contributed by atoms with E-state index in [-0.39, 0.29) is 24.1 Å².